The molecular formula is C17H24O5. The Hall–Kier alpha value is -1.65. The number of hydrogen-bond acceptors (Lipinski definition) is 5. The molecule has 2 saturated carbocycles. The van der Waals surface area contributed by atoms with E-state index in [1.165, 1.54) is 19.6 Å². The summed E-state index contributed by atoms with van der Waals surface area (Å²) in [5.41, 5.74) is 1.37. The Labute approximate surface area is 131 Å². The predicted octanol–water partition coefficient (Wildman–Crippen LogP) is 2.43. The molecule has 0 aromatic rings. The van der Waals surface area contributed by atoms with Gasteiger partial charge in [-0.3, -0.25) is 9.59 Å². The van der Waals surface area contributed by atoms with Crippen molar-refractivity contribution in [2.45, 2.75) is 51.6 Å². The molecule has 0 N–H and O–H groups in total. The van der Waals surface area contributed by atoms with Crippen molar-refractivity contribution in [3.63, 3.8) is 0 Å². The number of esters is 2. The Bertz CT molecular complexity index is 468. The van der Waals surface area contributed by atoms with Crippen molar-refractivity contribution >= 4 is 18.2 Å². The van der Waals surface area contributed by atoms with Gasteiger partial charge in [-0.1, -0.05) is 11.6 Å². The van der Waals surface area contributed by atoms with Gasteiger partial charge in [-0.25, -0.2) is 0 Å². The zero-order valence-electron chi connectivity index (χ0n) is 13.2. The van der Waals surface area contributed by atoms with Crippen LogP contribution in [0.5, 0.6) is 0 Å². The summed E-state index contributed by atoms with van der Waals surface area (Å²) in [6.45, 7) is 1.39. The van der Waals surface area contributed by atoms with Gasteiger partial charge in [0, 0.05) is 13.3 Å². The fraction of sp³-hybridized carbons (Fsp3) is 0.706. The van der Waals surface area contributed by atoms with Gasteiger partial charge in [0.2, 0.25) is 0 Å². The van der Waals surface area contributed by atoms with Gasteiger partial charge >= 0.3 is 11.9 Å². The van der Waals surface area contributed by atoms with Gasteiger partial charge in [0.05, 0.1) is 13.0 Å². The van der Waals surface area contributed by atoms with E-state index in [0.717, 1.165) is 38.4 Å². The lowest BCUT2D eigenvalue weighted by Gasteiger charge is -2.18. The van der Waals surface area contributed by atoms with Crippen LogP contribution in [0.1, 0.15) is 45.4 Å². The van der Waals surface area contributed by atoms with E-state index in [0.29, 0.717) is 18.3 Å². The molecular weight excluding hydrogens is 284 g/mol. The van der Waals surface area contributed by atoms with Crippen LogP contribution in [-0.2, 0) is 23.9 Å². The van der Waals surface area contributed by atoms with Crippen molar-refractivity contribution in [3.8, 4) is 0 Å². The quantitative estimate of drug-likeness (QED) is 0.326. The Morgan fingerprint density at radius 2 is 2.09 bits per heavy atom. The molecule has 5 nitrogen and oxygen atoms in total. The first-order valence-electron chi connectivity index (χ1n) is 7.92. The molecule has 0 radical (unpaired) electrons. The zero-order valence-corrected chi connectivity index (χ0v) is 13.2. The first-order chi connectivity index (χ1) is 10.5. The zero-order chi connectivity index (χ0) is 16.1. The van der Waals surface area contributed by atoms with E-state index in [1.807, 2.05) is 0 Å². The maximum Gasteiger partial charge on any atom is 0.305 e. The van der Waals surface area contributed by atoms with E-state index in [2.05, 4.69) is 10.8 Å². The molecule has 2 aliphatic carbocycles. The van der Waals surface area contributed by atoms with Crippen molar-refractivity contribution in [1.29, 1.82) is 0 Å². The SMILES string of the molecule is COC(=O)CCC/C=C1\C[C@@H]2C[C@@H](OC(C)=O)[C@H](C=O)[C@@H]2C1. The van der Waals surface area contributed by atoms with Crippen LogP contribution < -0.4 is 0 Å². The number of aldehydes is 1. The lowest BCUT2D eigenvalue weighted by molar-refractivity contribution is -0.149. The summed E-state index contributed by atoms with van der Waals surface area (Å²) in [6, 6.07) is 0. The highest BCUT2D eigenvalue weighted by Crippen LogP contribution is 2.50. The van der Waals surface area contributed by atoms with Gasteiger partial charge < -0.3 is 14.3 Å². The van der Waals surface area contributed by atoms with Crippen LogP contribution in [0.15, 0.2) is 11.6 Å². The number of carbonyl (C=O) groups is 3. The Kier molecular flexibility index (Phi) is 5.75. The largest absolute Gasteiger partial charge is 0.469 e. The average Bonchev–Trinajstić information content (AvgIpc) is 2.99. The second kappa shape index (κ2) is 7.56. The van der Waals surface area contributed by atoms with E-state index in [-0.39, 0.29) is 24.0 Å². The molecule has 122 valence electrons. The van der Waals surface area contributed by atoms with Crippen LogP contribution in [-0.4, -0.2) is 31.4 Å². The lowest BCUT2D eigenvalue weighted by Crippen LogP contribution is -2.25. The molecule has 2 fully saturated rings. The van der Waals surface area contributed by atoms with Gasteiger partial charge in [0.25, 0.3) is 0 Å². The van der Waals surface area contributed by atoms with Gasteiger partial charge in [-0.05, 0) is 43.9 Å². The van der Waals surface area contributed by atoms with Crippen LogP contribution in [0.2, 0.25) is 0 Å². The van der Waals surface area contributed by atoms with Crippen LogP contribution in [0.25, 0.3) is 0 Å². The molecule has 0 amide bonds. The molecule has 0 bridgehead atoms. The minimum atomic E-state index is -0.310. The number of methoxy groups -OCH3 is 1. The summed E-state index contributed by atoms with van der Waals surface area (Å²) in [5, 5.41) is 0. The topological polar surface area (TPSA) is 69.7 Å². The monoisotopic (exact) mass is 308 g/mol. The fourth-order valence-corrected chi connectivity index (χ4v) is 3.83. The molecule has 0 spiro atoms. The van der Waals surface area contributed by atoms with Crippen LogP contribution in [0.4, 0.5) is 0 Å². The van der Waals surface area contributed by atoms with Crippen LogP contribution in [0, 0.1) is 17.8 Å². The van der Waals surface area contributed by atoms with Crippen molar-refractivity contribution in [1.82, 2.24) is 0 Å². The predicted molar refractivity (Wildman–Crippen MR) is 79.9 cm³/mol. The summed E-state index contributed by atoms with van der Waals surface area (Å²) in [6.07, 6.45) is 7.68. The van der Waals surface area contributed by atoms with E-state index in [9.17, 15) is 14.4 Å². The minimum Gasteiger partial charge on any atom is -0.469 e. The maximum absolute atomic E-state index is 11.4. The molecule has 0 aliphatic heterocycles. The molecule has 0 unspecified atom stereocenters. The number of carbonyl (C=O) groups excluding carboxylic acids is 3. The third kappa shape index (κ3) is 3.96. The van der Waals surface area contributed by atoms with E-state index in [4.69, 9.17) is 4.74 Å². The first-order valence-corrected chi connectivity index (χ1v) is 7.92. The molecule has 4 atom stereocenters. The highest BCUT2D eigenvalue weighted by atomic mass is 16.5. The van der Waals surface area contributed by atoms with Gasteiger partial charge in [0.1, 0.15) is 12.4 Å². The summed E-state index contributed by atoms with van der Waals surface area (Å²) in [7, 11) is 1.40. The molecule has 0 heterocycles. The highest BCUT2D eigenvalue weighted by Gasteiger charge is 2.48. The number of unbranched alkanes of at least 4 members (excludes halogenated alkanes) is 1. The smallest absolute Gasteiger partial charge is 0.305 e. The van der Waals surface area contributed by atoms with E-state index >= 15 is 0 Å². The molecule has 5 heteroatoms. The number of fused-ring (bicyclic) bond motifs is 1. The van der Waals surface area contributed by atoms with Gasteiger partial charge in [-0.15, -0.1) is 0 Å². The molecule has 0 aromatic heterocycles. The van der Waals surface area contributed by atoms with Crippen molar-refractivity contribution < 1.29 is 23.9 Å². The Balaban J connectivity index is 1.84. The summed E-state index contributed by atoms with van der Waals surface area (Å²) in [4.78, 5) is 33.5. The molecule has 22 heavy (non-hydrogen) atoms. The number of hydrogen-bond donors (Lipinski definition) is 0. The Morgan fingerprint density at radius 1 is 1.32 bits per heavy atom. The van der Waals surface area contributed by atoms with Gasteiger partial charge in [-0.2, -0.15) is 0 Å². The van der Waals surface area contributed by atoms with Crippen LogP contribution >= 0.6 is 0 Å². The summed E-state index contributed by atoms with van der Waals surface area (Å²) in [5.74, 6) is 0.0808. The molecule has 0 saturated heterocycles. The van der Waals surface area contributed by atoms with Crippen molar-refractivity contribution in [2.24, 2.45) is 17.8 Å². The summed E-state index contributed by atoms with van der Waals surface area (Å²) >= 11 is 0. The highest BCUT2D eigenvalue weighted by molar-refractivity contribution is 5.69. The number of ether oxygens (including phenoxy) is 2. The van der Waals surface area contributed by atoms with Crippen molar-refractivity contribution in [2.75, 3.05) is 7.11 Å². The molecule has 0 aromatic carbocycles. The standard InChI is InChI=1S/C17H24O5/c1-11(19)22-16-9-13-7-12(8-14(13)15(16)10-18)5-3-4-6-17(20)21-2/h5,10,13-16H,3-4,6-9H2,1-2H3/b12-5+/t13-,14-,15-,16-/m1/s1. The first kappa shape index (κ1) is 16.7. The summed E-state index contributed by atoms with van der Waals surface area (Å²) < 4.78 is 9.90. The number of rotatable bonds is 6. The third-order valence-corrected chi connectivity index (χ3v) is 4.81. The van der Waals surface area contributed by atoms with Crippen LogP contribution in [0.3, 0.4) is 0 Å². The average molecular weight is 308 g/mol. The number of allylic oxidation sites excluding steroid dienone is 2. The second-order valence-corrected chi connectivity index (χ2v) is 6.26. The maximum atomic E-state index is 11.4. The van der Waals surface area contributed by atoms with E-state index in [1.54, 1.807) is 0 Å². The molecule has 2 rings (SSSR count). The second-order valence-electron chi connectivity index (χ2n) is 6.26. The fourth-order valence-electron chi connectivity index (χ4n) is 3.83. The Morgan fingerprint density at radius 3 is 2.73 bits per heavy atom. The third-order valence-electron chi connectivity index (χ3n) is 4.81. The molecule has 2 aliphatic rings. The normalized spacial score (nSPS) is 31.8. The lowest BCUT2D eigenvalue weighted by atomic mass is 9.92. The van der Waals surface area contributed by atoms with E-state index < -0.39 is 0 Å². The van der Waals surface area contributed by atoms with Gasteiger partial charge in [0.15, 0.2) is 0 Å². The minimum absolute atomic E-state index is 0.171. The van der Waals surface area contributed by atoms with Crippen molar-refractivity contribution in [3.05, 3.63) is 11.6 Å².